The number of rotatable bonds is 16. The number of carbonyl (C=O) groups is 1. The zero-order valence-electron chi connectivity index (χ0n) is 28.9. The number of ether oxygens (including phenoxy) is 3. The zero-order chi connectivity index (χ0) is 39.0. The van der Waals surface area contributed by atoms with Gasteiger partial charge in [0.25, 0.3) is 15.9 Å². The molecular formula is C36H33Cl3N4O9S2. The molecule has 0 saturated carbocycles. The first-order valence-electron chi connectivity index (χ1n) is 15.7. The Hall–Kier alpha value is -4.77. The summed E-state index contributed by atoms with van der Waals surface area (Å²) in [6, 6.07) is 23.8. The van der Waals surface area contributed by atoms with Gasteiger partial charge in [0.15, 0.2) is 11.5 Å². The van der Waals surface area contributed by atoms with Gasteiger partial charge in [-0.05, 0) is 90.5 Å². The van der Waals surface area contributed by atoms with Crippen molar-refractivity contribution in [3.05, 3.63) is 129 Å². The van der Waals surface area contributed by atoms with Crippen molar-refractivity contribution in [3.8, 4) is 17.2 Å². The van der Waals surface area contributed by atoms with Crippen LogP contribution in [0.3, 0.4) is 0 Å². The van der Waals surface area contributed by atoms with Gasteiger partial charge < -0.3 is 18.6 Å². The molecule has 0 aliphatic heterocycles. The number of amides is 1. The third-order valence-electron chi connectivity index (χ3n) is 7.78. The Morgan fingerprint density at radius 2 is 1.43 bits per heavy atom. The van der Waals surface area contributed by atoms with Gasteiger partial charge in [-0.1, -0.05) is 40.9 Å². The standard InChI is InChI=1S/C36H33Cl3N4O9S2/c1-49-27-9-7-26(8-10-27)43(54(47,48)31-15-17-34(50-2)35(19-31)51-3)23-36(44)41-40-20-28-11-12-29(52-28)22-42(21-24-4-16-32(38)33(39)18-24)53(45,46)30-13-5-25(37)6-14-30/h4-20H,21-23H2,1-3H3,(H,41,44)/b40-20-. The SMILES string of the molecule is COc1ccc(N(CC(=O)N/N=C\c2ccc(CN(Cc3ccc(Cl)c(Cl)c3)S(=O)(=O)c3ccc(Cl)cc3)o2)S(=O)(=O)c2ccc(OC)c(OC)c2)cc1. The van der Waals surface area contributed by atoms with Crippen molar-refractivity contribution in [2.75, 3.05) is 32.2 Å². The summed E-state index contributed by atoms with van der Waals surface area (Å²) in [6.07, 6.45) is 1.19. The lowest BCUT2D eigenvalue weighted by Crippen LogP contribution is -2.39. The van der Waals surface area contributed by atoms with Crippen LogP contribution in [-0.2, 0) is 37.9 Å². The summed E-state index contributed by atoms with van der Waals surface area (Å²) in [4.78, 5) is 13.0. The molecule has 4 aromatic carbocycles. The van der Waals surface area contributed by atoms with Crippen molar-refractivity contribution >= 4 is 72.7 Å². The van der Waals surface area contributed by atoms with Gasteiger partial charge in [0.2, 0.25) is 10.0 Å². The molecule has 0 saturated heterocycles. The Morgan fingerprint density at radius 3 is 2.07 bits per heavy atom. The Balaban J connectivity index is 1.33. The molecule has 1 N–H and O–H groups in total. The van der Waals surface area contributed by atoms with Gasteiger partial charge in [-0.25, -0.2) is 22.3 Å². The molecule has 0 radical (unpaired) electrons. The molecule has 5 rings (SSSR count). The number of nitrogens with one attached hydrogen (secondary N) is 1. The van der Waals surface area contributed by atoms with Gasteiger partial charge in [0.05, 0.1) is 59.6 Å². The maximum Gasteiger partial charge on any atom is 0.264 e. The van der Waals surface area contributed by atoms with Crippen LogP contribution in [0.2, 0.25) is 15.1 Å². The van der Waals surface area contributed by atoms with Gasteiger partial charge in [-0.3, -0.25) is 9.10 Å². The molecule has 284 valence electrons. The van der Waals surface area contributed by atoms with Gasteiger partial charge in [0, 0.05) is 17.6 Å². The highest BCUT2D eigenvalue weighted by molar-refractivity contribution is 7.92. The summed E-state index contributed by atoms with van der Waals surface area (Å²) < 4.78 is 78.9. The Labute approximate surface area is 327 Å². The quantitative estimate of drug-likeness (QED) is 0.0817. The van der Waals surface area contributed by atoms with Crippen molar-refractivity contribution < 1.29 is 40.3 Å². The van der Waals surface area contributed by atoms with Crippen LogP contribution in [0, 0.1) is 0 Å². The molecule has 0 atom stereocenters. The van der Waals surface area contributed by atoms with Crippen molar-refractivity contribution in [1.29, 1.82) is 0 Å². The van der Waals surface area contributed by atoms with Crippen molar-refractivity contribution in [2.45, 2.75) is 22.9 Å². The maximum absolute atomic E-state index is 13.9. The van der Waals surface area contributed by atoms with Gasteiger partial charge >= 0.3 is 0 Å². The Kier molecular flexibility index (Phi) is 13.2. The minimum absolute atomic E-state index is 0.0137. The number of carbonyl (C=O) groups excluding carboxylic acids is 1. The van der Waals surface area contributed by atoms with E-state index in [9.17, 15) is 21.6 Å². The molecular weight excluding hydrogens is 803 g/mol. The fourth-order valence-electron chi connectivity index (χ4n) is 5.05. The first-order valence-corrected chi connectivity index (χ1v) is 19.8. The monoisotopic (exact) mass is 834 g/mol. The van der Waals surface area contributed by atoms with Gasteiger partial charge in [-0.2, -0.15) is 9.41 Å². The molecule has 0 spiro atoms. The number of benzene rings is 4. The molecule has 0 bridgehead atoms. The van der Waals surface area contributed by atoms with E-state index in [1.165, 1.54) is 92.5 Å². The van der Waals surface area contributed by atoms with E-state index in [1.807, 2.05) is 0 Å². The van der Waals surface area contributed by atoms with Crippen LogP contribution in [0.25, 0.3) is 0 Å². The summed E-state index contributed by atoms with van der Waals surface area (Å²) in [5.41, 5.74) is 3.07. The first kappa shape index (κ1) is 40.4. The van der Waals surface area contributed by atoms with Crippen molar-refractivity contribution in [1.82, 2.24) is 9.73 Å². The third-order valence-corrected chi connectivity index (χ3v) is 12.3. The summed E-state index contributed by atoms with van der Waals surface area (Å²) in [5, 5.41) is 4.90. The number of anilines is 1. The van der Waals surface area contributed by atoms with E-state index in [2.05, 4.69) is 10.5 Å². The zero-order valence-corrected chi connectivity index (χ0v) is 32.8. The number of hydrogen-bond donors (Lipinski definition) is 1. The Bertz CT molecular complexity index is 2360. The van der Waals surface area contributed by atoms with Crippen LogP contribution in [0.15, 0.2) is 116 Å². The maximum atomic E-state index is 13.9. The molecule has 0 aliphatic rings. The van der Waals surface area contributed by atoms with E-state index in [0.717, 1.165) is 4.31 Å². The summed E-state index contributed by atoms with van der Waals surface area (Å²) in [6.45, 7) is -0.912. The van der Waals surface area contributed by atoms with Gasteiger partial charge in [0.1, 0.15) is 23.8 Å². The second kappa shape index (κ2) is 17.6. The number of methoxy groups -OCH3 is 3. The average Bonchev–Trinajstić information content (AvgIpc) is 3.61. The normalized spacial score (nSPS) is 11.8. The van der Waals surface area contributed by atoms with Crippen LogP contribution >= 0.6 is 34.8 Å². The highest BCUT2D eigenvalue weighted by Gasteiger charge is 2.29. The predicted molar refractivity (Wildman–Crippen MR) is 206 cm³/mol. The fraction of sp³-hybridized carbons (Fsp3) is 0.167. The third kappa shape index (κ3) is 9.66. The number of nitrogens with zero attached hydrogens (tertiary/aromatic N) is 3. The van der Waals surface area contributed by atoms with Crippen LogP contribution in [-0.4, -0.2) is 61.1 Å². The second-order valence-electron chi connectivity index (χ2n) is 11.3. The van der Waals surface area contributed by atoms with E-state index >= 15 is 0 Å². The second-order valence-corrected chi connectivity index (χ2v) is 16.4. The molecule has 0 aliphatic carbocycles. The molecule has 1 heterocycles. The van der Waals surface area contributed by atoms with E-state index < -0.39 is 32.5 Å². The molecule has 5 aromatic rings. The minimum Gasteiger partial charge on any atom is -0.497 e. The van der Waals surface area contributed by atoms with Crippen LogP contribution in [0.5, 0.6) is 17.2 Å². The van der Waals surface area contributed by atoms with Crippen LogP contribution in [0.1, 0.15) is 17.1 Å². The Morgan fingerprint density at radius 1 is 0.741 bits per heavy atom. The molecule has 13 nitrogen and oxygen atoms in total. The van der Waals surface area contributed by atoms with E-state index in [-0.39, 0.29) is 50.9 Å². The summed E-state index contributed by atoms with van der Waals surface area (Å²) in [7, 11) is -4.11. The number of furan rings is 1. The largest absolute Gasteiger partial charge is 0.497 e. The molecule has 1 aromatic heterocycles. The van der Waals surface area contributed by atoms with E-state index in [1.54, 1.807) is 36.4 Å². The van der Waals surface area contributed by atoms with E-state index in [0.29, 0.717) is 27.1 Å². The highest BCUT2D eigenvalue weighted by Crippen LogP contribution is 2.33. The predicted octanol–water partition coefficient (Wildman–Crippen LogP) is 7.00. The van der Waals surface area contributed by atoms with Crippen LogP contribution in [0.4, 0.5) is 5.69 Å². The molecule has 0 fully saturated rings. The lowest BCUT2D eigenvalue weighted by molar-refractivity contribution is -0.119. The molecule has 0 unspecified atom stereocenters. The van der Waals surface area contributed by atoms with Gasteiger partial charge in [-0.15, -0.1) is 0 Å². The number of hydrazone groups is 1. The minimum atomic E-state index is -4.32. The average molecular weight is 836 g/mol. The lowest BCUT2D eigenvalue weighted by atomic mass is 10.2. The first-order chi connectivity index (χ1) is 25.7. The topological polar surface area (TPSA) is 157 Å². The lowest BCUT2D eigenvalue weighted by Gasteiger charge is -2.24. The number of halogens is 3. The number of sulfonamides is 2. The smallest absolute Gasteiger partial charge is 0.264 e. The highest BCUT2D eigenvalue weighted by atomic mass is 35.5. The van der Waals surface area contributed by atoms with Crippen molar-refractivity contribution in [2.24, 2.45) is 5.10 Å². The van der Waals surface area contributed by atoms with E-state index in [4.69, 9.17) is 53.4 Å². The fourth-order valence-corrected chi connectivity index (χ4v) is 8.33. The molecule has 1 amide bonds. The van der Waals surface area contributed by atoms with Crippen molar-refractivity contribution in [3.63, 3.8) is 0 Å². The molecule has 54 heavy (non-hydrogen) atoms. The van der Waals surface area contributed by atoms with Crippen LogP contribution < -0.4 is 23.9 Å². The molecule has 18 heteroatoms. The summed E-state index contributed by atoms with van der Waals surface area (Å²) in [5.74, 6) is 0.637. The number of hydrogen-bond acceptors (Lipinski definition) is 10. The summed E-state index contributed by atoms with van der Waals surface area (Å²) >= 11 is 18.3.